The Balaban J connectivity index is 1.09. The summed E-state index contributed by atoms with van der Waals surface area (Å²) in [4.78, 5) is 31.3. The van der Waals surface area contributed by atoms with Gasteiger partial charge < -0.3 is 19.9 Å². The molecule has 41 heavy (non-hydrogen) atoms. The zero-order valence-corrected chi connectivity index (χ0v) is 22.9. The van der Waals surface area contributed by atoms with Crippen LogP contribution >= 0.6 is 0 Å². The third-order valence-corrected chi connectivity index (χ3v) is 8.49. The van der Waals surface area contributed by atoms with Gasteiger partial charge in [0.2, 0.25) is 11.8 Å². The highest BCUT2D eigenvalue weighted by molar-refractivity contribution is 5.76. The van der Waals surface area contributed by atoms with E-state index in [0.29, 0.717) is 57.0 Å². The Hall–Kier alpha value is -3.57. The molecule has 1 aromatic heterocycles. The van der Waals surface area contributed by atoms with Crippen LogP contribution in [0.4, 0.5) is 30.2 Å². The number of nitrogens with zero attached hydrogens (tertiary/aromatic N) is 4. The molecule has 12 heteroatoms. The van der Waals surface area contributed by atoms with Crippen LogP contribution in [-0.2, 0) is 11.0 Å². The number of hydrogen-bond donors (Lipinski definition) is 1. The second-order valence-electron chi connectivity index (χ2n) is 11.3. The molecule has 2 heterocycles. The Kier molecular flexibility index (Phi) is 8.84. The van der Waals surface area contributed by atoms with Crippen LogP contribution in [0.25, 0.3) is 0 Å². The SMILES string of the molecule is O=C(CC1CCCC1)N1CCN(c2ccnc(OC3CCC(Nc4ccc([N+](=O)[O-])c(C(F)(F)F)c4)CC3)c2)CC1. The van der Waals surface area contributed by atoms with Crippen LogP contribution in [0.3, 0.4) is 0 Å². The molecule has 1 amide bonds. The first kappa shape index (κ1) is 28.9. The van der Waals surface area contributed by atoms with Crippen LogP contribution < -0.4 is 15.0 Å². The minimum Gasteiger partial charge on any atom is -0.474 e. The van der Waals surface area contributed by atoms with Crippen molar-refractivity contribution in [3.05, 3.63) is 52.2 Å². The van der Waals surface area contributed by atoms with E-state index in [-0.39, 0.29) is 23.7 Å². The minimum absolute atomic E-state index is 0.0654. The van der Waals surface area contributed by atoms with E-state index >= 15 is 0 Å². The first-order chi connectivity index (χ1) is 19.7. The summed E-state index contributed by atoms with van der Waals surface area (Å²) >= 11 is 0. The number of pyridine rings is 1. The number of hydrogen-bond acceptors (Lipinski definition) is 7. The van der Waals surface area contributed by atoms with Gasteiger partial charge in [-0.3, -0.25) is 14.9 Å². The van der Waals surface area contributed by atoms with Gasteiger partial charge >= 0.3 is 6.18 Å². The van der Waals surface area contributed by atoms with E-state index in [1.54, 1.807) is 6.20 Å². The average molecular weight is 576 g/mol. The normalized spacial score (nSPS) is 22.0. The third-order valence-electron chi connectivity index (χ3n) is 8.49. The van der Waals surface area contributed by atoms with Gasteiger partial charge in [0.1, 0.15) is 11.7 Å². The summed E-state index contributed by atoms with van der Waals surface area (Å²) in [5.41, 5.74) is -0.994. The molecule has 3 aliphatic rings. The number of amides is 1. The van der Waals surface area contributed by atoms with Gasteiger partial charge in [0, 0.05) is 68.3 Å². The number of nitrogens with one attached hydrogen (secondary N) is 1. The van der Waals surface area contributed by atoms with Crippen LogP contribution in [0.1, 0.15) is 63.4 Å². The maximum atomic E-state index is 13.3. The lowest BCUT2D eigenvalue weighted by molar-refractivity contribution is -0.388. The lowest BCUT2D eigenvalue weighted by atomic mass is 9.92. The molecule has 2 aliphatic carbocycles. The van der Waals surface area contributed by atoms with Gasteiger partial charge in [-0.1, -0.05) is 12.8 Å². The Morgan fingerprint density at radius 1 is 1.02 bits per heavy atom. The molecule has 0 radical (unpaired) electrons. The van der Waals surface area contributed by atoms with E-state index in [2.05, 4.69) is 15.2 Å². The predicted octanol–water partition coefficient (Wildman–Crippen LogP) is 6.04. The summed E-state index contributed by atoms with van der Waals surface area (Å²) < 4.78 is 46.1. The largest absolute Gasteiger partial charge is 0.474 e. The molecule has 5 rings (SSSR count). The molecule has 0 bridgehead atoms. The van der Waals surface area contributed by atoms with Gasteiger partial charge in [0.05, 0.1) is 4.92 Å². The zero-order chi connectivity index (χ0) is 29.0. The van der Waals surface area contributed by atoms with Crippen molar-refractivity contribution in [3.8, 4) is 5.88 Å². The molecule has 222 valence electrons. The molecule has 0 spiro atoms. The Bertz CT molecular complexity index is 1220. The molecule has 1 N–H and O–H groups in total. The zero-order valence-electron chi connectivity index (χ0n) is 22.9. The van der Waals surface area contributed by atoms with Crippen molar-refractivity contribution in [2.45, 2.75) is 76.1 Å². The number of piperazine rings is 1. The molecular formula is C29H36F3N5O4. The highest BCUT2D eigenvalue weighted by Gasteiger charge is 2.38. The number of nitro groups is 1. The number of ether oxygens (including phenoxy) is 1. The fourth-order valence-electron chi connectivity index (χ4n) is 6.21. The number of benzene rings is 1. The molecule has 0 unspecified atom stereocenters. The van der Waals surface area contributed by atoms with E-state index in [9.17, 15) is 28.1 Å². The Labute approximate surface area is 237 Å². The fourth-order valence-corrected chi connectivity index (χ4v) is 6.21. The molecule has 2 saturated carbocycles. The first-order valence-corrected chi connectivity index (χ1v) is 14.4. The number of carbonyl (C=O) groups is 1. The summed E-state index contributed by atoms with van der Waals surface area (Å²) in [5.74, 6) is 1.36. The summed E-state index contributed by atoms with van der Waals surface area (Å²) in [6, 6.07) is 6.83. The van der Waals surface area contributed by atoms with Gasteiger partial charge in [0.15, 0.2) is 0 Å². The molecule has 1 aromatic carbocycles. The van der Waals surface area contributed by atoms with Crippen LogP contribution in [0, 0.1) is 16.0 Å². The summed E-state index contributed by atoms with van der Waals surface area (Å²) in [6.45, 7) is 2.94. The van der Waals surface area contributed by atoms with E-state index < -0.39 is 22.4 Å². The van der Waals surface area contributed by atoms with Crippen LogP contribution in [-0.4, -0.2) is 59.0 Å². The minimum atomic E-state index is -4.81. The van der Waals surface area contributed by atoms with Gasteiger partial charge in [0.25, 0.3) is 5.69 Å². The van der Waals surface area contributed by atoms with E-state index in [1.165, 1.54) is 31.7 Å². The third kappa shape index (κ3) is 7.39. The van der Waals surface area contributed by atoms with Gasteiger partial charge in [-0.2, -0.15) is 13.2 Å². The number of nitro benzene ring substituents is 1. The van der Waals surface area contributed by atoms with Gasteiger partial charge in [-0.05, 0) is 62.6 Å². The van der Waals surface area contributed by atoms with Crippen molar-refractivity contribution >= 4 is 23.0 Å². The number of aromatic nitrogens is 1. The van der Waals surface area contributed by atoms with Crippen LogP contribution in [0.2, 0.25) is 0 Å². The quantitative estimate of drug-likeness (QED) is 0.303. The Morgan fingerprint density at radius 3 is 2.39 bits per heavy atom. The molecule has 3 fully saturated rings. The summed E-state index contributed by atoms with van der Waals surface area (Å²) in [7, 11) is 0. The molecule has 2 aromatic rings. The van der Waals surface area contributed by atoms with Crippen molar-refractivity contribution < 1.29 is 27.6 Å². The van der Waals surface area contributed by atoms with E-state index in [1.807, 2.05) is 17.0 Å². The second-order valence-corrected chi connectivity index (χ2v) is 11.3. The Morgan fingerprint density at radius 2 is 1.73 bits per heavy atom. The smallest absolute Gasteiger partial charge is 0.423 e. The molecule has 9 nitrogen and oxygen atoms in total. The number of rotatable bonds is 8. The van der Waals surface area contributed by atoms with Gasteiger partial charge in [-0.15, -0.1) is 0 Å². The monoisotopic (exact) mass is 575 g/mol. The fraction of sp³-hybridized carbons (Fsp3) is 0.586. The van der Waals surface area contributed by atoms with Crippen molar-refractivity contribution in [2.75, 3.05) is 36.4 Å². The van der Waals surface area contributed by atoms with Crippen LogP contribution in [0.15, 0.2) is 36.5 Å². The number of alkyl halides is 3. The van der Waals surface area contributed by atoms with E-state index in [0.717, 1.165) is 30.9 Å². The van der Waals surface area contributed by atoms with E-state index in [4.69, 9.17) is 4.74 Å². The topological polar surface area (TPSA) is 101 Å². The van der Waals surface area contributed by atoms with Crippen molar-refractivity contribution in [2.24, 2.45) is 5.92 Å². The average Bonchev–Trinajstić information content (AvgIpc) is 3.47. The highest BCUT2D eigenvalue weighted by atomic mass is 19.4. The van der Waals surface area contributed by atoms with Crippen molar-refractivity contribution in [3.63, 3.8) is 0 Å². The molecule has 0 atom stereocenters. The van der Waals surface area contributed by atoms with Crippen molar-refractivity contribution in [1.29, 1.82) is 0 Å². The van der Waals surface area contributed by atoms with Crippen LogP contribution in [0.5, 0.6) is 5.88 Å². The van der Waals surface area contributed by atoms with Crippen molar-refractivity contribution in [1.82, 2.24) is 9.88 Å². The summed E-state index contributed by atoms with van der Waals surface area (Å²) in [5, 5.41) is 14.1. The highest BCUT2D eigenvalue weighted by Crippen LogP contribution is 2.38. The molecule has 1 aliphatic heterocycles. The maximum absolute atomic E-state index is 13.3. The lowest BCUT2D eigenvalue weighted by Crippen LogP contribution is -2.49. The standard InChI is InChI=1S/C29H36F3N5O4/c30-29(31,32)25-18-22(7-10-26(25)37(39)40)34-21-5-8-24(9-6-21)41-27-19-23(11-12-33-27)35-13-15-36(16-14-35)28(38)17-20-3-1-2-4-20/h7,10-12,18-21,24,34H,1-6,8-9,13-17H2. The predicted molar refractivity (Wildman–Crippen MR) is 148 cm³/mol. The number of carbonyl (C=O) groups excluding carboxylic acids is 1. The summed E-state index contributed by atoms with van der Waals surface area (Å²) in [6.07, 6.45) is 5.11. The second kappa shape index (κ2) is 12.5. The molecule has 1 saturated heterocycles. The van der Waals surface area contributed by atoms with Gasteiger partial charge in [-0.25, -0.2) is 4.98 Å². The first-order valence-electron chi connectivity index (χ1n) is 14.4. The number of halogens is 3. The lowest BCUT2D eigenvalue weighted by Gasteiger charge is -2.36. The number of anilines is 2. The molecular weight excluding hydrogens is 539 g/mol. The maximum Gasteiger partial charge on any atom is 0.423 e.